The van der Waals surface area contributed by atoms with E-state index in [2.05, 4.69) is 38.9 Å². The molecule has 1 aliphatic heterocycles. The van der Waals surface area contributed by atoms with Gasteiger partial charge in [-0.05, 0) is 35.4 Å². The number of piperazine rings is 1. The van der Waals surface area contributed by atoms with Crippen molar-refractivity contribution in [2.45, 2.75) is 44.2 Å². The Balaban J connectivity index is 1.66. The fourth-order valence-corrected chi connectivity index (χ4v) is 5.09. The van der Waals surface area contributed by atoms with Crippen molar-refractivity contribution >= 4 is 11.6 Å². The predicted octanol–water partition coefficient (Wildman–Crippen LogP) is 0.891. The number of hydrogen-bond donors (Lipinski definition) is 2. The van der Waals surface area contributed by atoms with Crippen molar-refractivity contribution in [3.8, 4) is 0 Å². The van der Waals surface area contributed by atoms with Gasteiger partial charge in [0.25, 0.3) is 0 Å². The molecule has 1 saturated heterocycles. The van der Waals surface area contributed by atoms with E-state index in [4.69, 9.17) is 11.6 Å². The maximum absolute atomic E-state index is 6.66. The van der Waals surface area contributed by atoms with Crippen LogP contribution in [-0.4, -0.2) is 52.9 Å². The number of rotatable bonds is 6. The fraction of sp³-hybridized carbons (Fsp3) is 0.571. The summed E-state index contributed by atoms with van der Waals surface area (Å²) in [5, 5.41) is 13.9. The summed E-state index contributed by atoms with van der Waals surface area (Å²) in [5.74, 6) is 0.974. The average molecular weight is 403 g/mol. The Morgan fingerprint density at radius 2 is 1.89 bits per heavy atom. The normalized spacial score (nSPS) is 24.8. The van der Waals surface area contributed by atoms with E-state index in [0.29, 0.717) is 6.04 Å². The van der Waals surface area contributed by atoms with Crippen LogP contribution in [0.25, 0.3) is 0 Å². The van der Waals surface area contributed by atoms with Crippen LogP contribution in [0.4, 0.5) is 0 Å². The van der Waals surface area contributed by atoms with E-state index in [9.17, 15) is 0 Å². The molecule has 2 aliphatic rings. The minimum Gasteiger partial charge on any atom is -0.322 e. The molecular formula is C21H31ClN6+2. The van der Waals surface area contributed by atoms with Crippen LogP contribution in [0, 0.1) is 0 Å². The Kier molecular flexibility index (Phi) is 6.40. The molecule has 2 fully saturated rings. The van der Waals surface area contributed by atoms with Crippen LogP contribution in [0.3, 0.4) is 0 Å². The molecule has 4 rings (SSSR count). The van der Waals surface area contributed by atoms with E-state index in [0.717, 1.165) is 49.1 Å². The quantitative estimate of drug-likeness (QED) is 0.705. The number of halogens is 1. The lowest BCUT2D eigenvalue weighted by molar-refractivity contribution is -1.02. The van der Waals surface area contributed by atoms with Gasteiger partial charge in [0.05, 0.1) is 17.6 Å². The molecule has 1 aliphatic carbocycles. The second-order valence-electron chi connectivity index (χ2n) is 8.13. The number of aromatic nitrogens is 4. The molecule has 0 bridgehead atoms. The highest BCUT2D eigenvalue weighted by Crippen LogP contribution is 2.31. The van der Waals surface area contributed by atoms with Gasteiger partial charge in [0, 0.05) is 5.56 Å². The topological polar surface area (TPSA) is 52.5 Å². The van der Waals surface area contributed by atoms with Crippen molar-refractivity contribution in [2.75, 3.05) is 32.7 Å². The minimum atomic E-state index is 0.0795. The van der Waals surface area contributed by atoms with Crippen molar-refractivity contribution in [2.24, 2.45) is 0 Å². The Morgan fingerprint density at radius 3 is 2.61 bits per heavy atom. The van der Waals surface area contributed by atoms with Gasteiger partial charge in [0.2, 0.25) is 5.82 Å². The van der Waals surface area contributed by atoms with Crippen LogP contribution in [0.1, 0.15) is 55.6 Å². The highest BCUT2D eigenvalue weighted by atomic mass is 35.5. The van der Waals surface area contributed by atoms with Gasteiger partial charge in [0.1, 0.15) is 26.2 Å². The van der Waals surface area contributed by atoms with E-state index in [-0.39, 0.29) is 6.04 Å². The van der Waals surface area contributed by atoms with Gasteiger partial charge in [-0.15, -0.1) is 5.10 Å². The van der Waals surface area contributed by atoms with Crippen LogP contribution >= 0.6 is 11.6 Å². The highest BCUT2D eigenvalue weighted by Gasteiger charge is 2.37. The van der Waals surface area contributed by atoms with Gasteiger partial charge in [-0.3, -0.25) is 0 Å². The predicted molar refractivity (Wildman–Crippen MR) is 110 cm³/mol. The molecule has 6 nitrogen and oxygen atoms in total. The van der Waals surface area contributed by atoms with Crippen molar-refractivity contribution in [3.63, 3.8) is 0 Å². The molecule has 2 aromatic rings. The van der Waals surface area contributed by atoms with Gasteiger partial charge in [-0.25, -0.2) is 4.68 Å². The van der Waals surface area contributed by atoms with E-state index in [1.807, 2.05) is 18.2 Å². The summed E-state index contributed by atoms with van der Waals surface area (Å²) >= 11 is 6.66. The average Bonchev–Trinajstić information content (AvgIpc) is 3.21. The second kappa shape index (κ2) is 9.16. The van der Waals surface area contributed by atoms with E-state index in [1.165, 1.54) is 37.0 Å². The smallest absolute Gasteiger partial charge is 0.214 e. The summed E-state index contributed by atoms with van der Waals surface area (Å²) in [6, 6.07) is 8.68. The summed E-state index contributed by atoms with van der Waals surface area (Å²) < 4.78 is 2.11. The largest absolute Gasteiger partial charge is 0.322 e. The number of quaternary nitrogens is 2. The summed E-state index contributed by atoms with van der Waals surface area (Å²) in [6.07, 6.45) is 8.20. The summed E-state index contributed by atoms with van der Waals surface area (Å²) in [4.78, 5) is 3.11. The van der Waals surface area contributed by atoms with Crippen molar-refractivity contribution in [1.82, 2.24) is 20.2 Å². The van der Waals surface area contributed by atoms with Crippen molar-refractivity contribution in [3.05, 3.63) is 53.3 Å². The van der Waals surface area contributed by atoms with Gasteiger partial charge >= 0.3 is 0 Å². The molecule has 0 amide bonds. The van der Waals surface area contributed by atoms with E-state index < -0.39 is 0 Å². The molecule has 2 N–H and O–H groups in total. The lowest BCUT2D eigenvalue weighted by atomic mass is 9.95. The molecule has 28 heavy (non-hydrogen) atoms. The number of benzene rings is 1. The number of nitrogens with one attached hydrogen (secondary N) is 2. The fourth-order valence-electron chi connectivity index (χ4n) is 4.85. The summed E-state index contributed by atoms with van der Waals surface area (Å²) in [6.45, 7) is 9.35. The maximum Gasteiger partial charge on any atom is 0.214 e. The van der Waals surface area contributed by atoms with E-state index >= 15 is 0 Å². The Hall–Kier alpha value is -1.76. The molecule has 7 heteroatoms. The third-order valence-corrected chi connectivity index (χ3v) is 6.70. The Bertz CT molecular complexity index is 777. The third kappa shape index (κ3) is 4.14. The van der Waals surface area contributed by atoms with Gasteiger partial charge in [0.15, 0.2) is 6.04 Å². The lowest BCUT2D eigenvalue weighted by Crippen LogP contribution is -3.28. The van der Waals surface area contributed by atoms with Gasteiger partial charge in [-0.2, -0.15) is 0 Å². The third-order valence-electron chi connectivity index (χ3n) is 6.35. The van der Waals surface area contributed by atoms with Crippen LogP contribution in [-0.2, 0) is 0 Å². The van der Waals surface area contributed by atoms with Crippen LogP contribution in [0.15, 0.2) is 36.9 Å². The van der Waals surface area contributed by atoms with Gasteiger partial charge < -0.3 is 9.80 Å². The minimum absolute atomic E-state index is 0.0795. The molecule has 150 valence electrons. The molecule has 1 atom stereocenters. The van der Waals surface area contributed by atoms with Crippen molar-refractivity contribution < 1.29 is 9.80 Å². The van der Waals surface area contributed by atoms with Crippen molar-refractivity contribution in [1.29, 1.82) is 0 Å². The summed E-state index contributed by atoms with van der Waals surface area (Å²) in [7, 11) is 0. The first-order valence-electron chi connectivity index (χ1n) is 10.6. The molecule has 1 saturated carbocycles. The number of tetrazole rings is 1. The summed E-state index contributed by atoms with van der Waals surface area (Å²) in [5.41, 5.74) is 1.14. The molecule has 2 heterocycles. The molecular weight excluding hydrogens is 372 g/mol. The van der Waals surface area contributed by atoms with Crippen LogP contribution in [0.2, 0.25) is 5.02 Å². The zero-order chi connectivity index (χ0) is 19.3. The van der Waals surface area contributed by atoms with Crippen LogP contribution in [0.5, 0.6) is 0 Å². The molecule has 0 spiro atoms. The zero-order valence-corrected chi connectivity index (χ0v) is 17.2. The Morgan fingerprint density at radius 1 is 1.14 bits per heavy atom. The number of nitrogens with zero attached hydrogens (tertiary/aromatic N) is 4. The van der Waals surface area contributed by atoms with E-state index in [1.54, 1.807) is 4.90 Å². The lowest BCUT2D eigenvalue weighted by Gasteiger charge is -2.35. The first kappa shape index (κ1) is 19.6. The molecule has 0 radical (unpaired) electrons. The standard InChI is InChI=1S/C21H29ClN6/c1-2-12-26-13-15-27(16-14-26)20(18-10-6-7-11-19(18)22)21-23-24-25-28(21)17-8-4-3-5-9-17/h2,6-7,10-11,17,20H,1,3-5,8-9,12-16H2/p+2/t20-/m1/s1. The molecule has 1 aromatic carbocycles. The number of hydrogen-bond acceptors (Lipinski definition) is 3. The Labute approximate surface area is 172 Å². The molecule has 0 unspecified atom stereocenters. The monoisotopic (exact) mass is 402 g/mol. The SMILES string of the molecule is C=CC[NH+]1CC[NH+]([C@H](c2ccccc2Cl)c2nnnn2C2CCCCC2)CC1. The second-order valence-corrected chi connectivity index (χ2v) is 8.54. The van der Waals surface area contributed by atoms with Crippen LogP contribution < -0.4 is 9.80 Å². The van der Waals surface area contributed by atoms with Gasteiger partial charge in [-0.1, -0.05) is 55.6 Å². The maximum atomic E-state index is 6.66. The first-order valence-corrected chi connectivity index (χ1v) is 11.0. The first-order chi connectivity index (χ1) is 13.8. The molecule has 1 aromatic heterocycles. The highest BCUT2D eigenvalue weighted by molar-refractivity contribution is 6.31. The zero-order valence-electron chi connectivity index (χ0n) is 16.5.